The summed E-state index contributed by atoms with van der Waals surface area (Å²) < 4.78 is 5.15. The van der Waals surface area contributed by atoms with Gasteiger partial charge in [0.25, 0.3) is 5.91 Å². The first-order chi connectivity index (χ1) is 13.6. The van der Waals surface area contributed by atoms with Gasteiger partial charge in [0.1, 0.15) is 18.8 Å². The molecule has 0 atom stereocenters. The predicted molar refractivity (Wildman–Crippen MR) is 115 cm³/mol. The van der Waals surface area contributed by atoms with Crippen LogP contribution in [0.25, 0.3) is 0 Å². The molecule has 1 amide bonds. The summed E-state index contributed by atoms with van der Waals surface area (Å²) in [5.74, 6) is 0.806. The van der Waals surface area contributed by atoms with Crippen LogP contribution in [0, 0.1) is 5.92 Å². The molecule has 1 rings (SSSR count). The number of nitrogens with zero attached hydrogens (tertiary/aromatic N) is 1. The van der Waals surface area contributed by atoms with E-state index in [1.165, 1.54) is 6.20 Å². The molecule has 1 N–H and O–H groups in total. The number of ether oxygens (including phenoxy) is 1. The number of pyridine rings is 1. The van der Waals surface area contributed by atoms with Gasteiger partial charge < -0.3 is 10.1 Å². The van der Waals surface area contributed by atoms with Gasteiger partial charge in [0, 0.05) is 36.4 Å². The highest BCUT2D eigenvalue weighted by atomic mass is 33.1. The van der Waals surface area contributed by atoms with Crippen molar-refractivity contribution in [1.82, 2.24) is 10.3 Å². The van der Waals surface area contributed by atoms with E-state index in [0.717, 1.165) is 31.4 Å². The maximum absolute atomic E-state index is 12.1. The fraction of sp³-hybridized carbons (Fsp3) is 0.600. The Morgan fingerprint density at radius 1 is 1.14 bits per heavy atom. The van der Waals surface area contributed by atoms with E-state index in [4.69, 9.17) is 4.74 Å². The van der Waals surface area contributed by atoms with E-state index in [1.54, 1.807) is 39.9 Å². The van der Waals surface area contributed by atoms with Crippen molar-refractivity contribution in [3.8, 4) is 0 Å². The van der Waals surface area contributed by atoms with Crippen LogP contribution in [-0.4, -0.2) is 47.3 Å². The van der Waals surface area contributed by atoms with Crippen molar-refractivity contribution < 1.29 is 19.1 Å². The molecule has 1 heterocycles. The van der Waals surface area contributed by atoms with Gasteiger partial charge in [-0.05, 0) is 25.0 Å². The topological polar surface area (TPSA) is 85.4 Å². The predicted octanol–water partition coefficient (Wildman–Crippen LogP) is 3.91. The molecule has 0 aliphatic carbocycles. The fourth-order valence-electron chi connectivity index (χ4n) is 2.61. The number of nitrogens with one attached hydrogen (secondary N) is 1. The van der Waals surface area contributed by atoms with Crippen LogP contribution in [-0.2, 0) is 14.3 Å². The molecular weight excluding hydrogens is 396 g/mol. The number of rotatable bonds is 15. The van der Waals surface area contributed by atoms with Crippen LogP contribution in [0.2, 0.25) is 0 Å². The SMILES string of the molecule is CCCC(CCC)C(=O)CC(=O)OCCSSCCNC(=O)c1cccnc1. The third-order valence-corrected chi connectivity index (χ3v) is 6.33. The van der Waals surface area contributed by atoms with Crippen molar-refractivity contribution in [3.05, 3.63) is 30.1 Å². The van der Waals surface area contributed by atoms with Gasteiger partial charge in [0.15, 0.2) is 0 Å². The quantitative estimate of drug-likeness (QED) is 0.197. The second-order valence-corrected chi connectivity index (χ2v) is 8.98. The van der Waals surface area contributed by atoms with Gasteiger partial charge in [-0.2, -0.15) is 0 Å². The van der Waals surface area contributed by atoms with Crippen molar-refractivity contribution in [2.24, 2.45) is 5.92 Å². The molecule has 6 nitrogen and oxygen atoms in total. The first kappa shape index (κ1) is 24.5. The van der Waals surface area contributed by atoms with Gasteiger partial charge in [-0.15, -0.1) is 0 Å². The molecule has 0 bridgehead atoms. The number of hydrogen-bond donors (Lipinski definition) is 1. The molecule has 0 fully saturated rings. The molecule has 0 saturated carbocycles. The van der Waals surface area contributed by atoms with Crippen LogP contribution in [0.5, 0.6) is 0 Å². The second kappa shape index (κ2) is 15.4. The zero-order valence-electron chi connectivity index (χ0n) is 16.6. The number of esters is 1. The van der Waals surface area contributed by atoms with E-state index in [-0.39, 0.29) is 30.6 Å². The number of ketones is 1. The van der Waals surface area contributed by atoms with Crippen molar-refractivity contribution >= 4 is 39.2 Å². The molecule has 0 radical (unpaired) electrons. The largest absolute Gasteiger partial charge is 0.464 e. The summed E-state index contributed by atoms with van der Waals surface area (Å²) in [6.07, 6.45) is 6.60. The highest BCUT2D eigenvalue weighted by Crippen LogP contribution is 2.20. The molecule has 0 aromatic carbocycles. The molecule has 1 aromatic rings. The standard InChI is InChI=1S/C20H30N2O4S2/c1-3-6-16(7-4-2)18(23)14-19(24)26-11-13-28-27-12-10-22-20(25)17-8-5-9-21-15-17/h5,8-9,15-16H,3-4,6-7,10-14H2,1-2H3,(H,22,25). The molecule has 1 aromatic heterocycles. The average Bonchev–Trinajstić information content (AvgIpc) is 2.70. The molecule has 0 unspecified atom stereocenters. The number of amides is 1. The Kier molecular flexibility index (Phi) is 13.5. The fourth-order valence-corrected chi connectivity index (χ4v) is 4.35. The molecule has 0 aliphatic heterocycles. The number of hydrogen-bond acceptors (Lipinski definition) is 7. The minimum Gasteiger partial charge on any atom is -0.464 e. The summed E-state index contributed by atoms with van der Waals surface area (Å²) in [5, 5.41) is 2.82. The lowest BCUT2D eigenvalue weighted by Crippen LogP contribution is -2.25. The third-order valence-electron chi connectivity index (χ3n) is 3.96. The Labute approximate surface area is 175 Å². The number of Topliss-reactive ketones (excluding diaryl/α,β-unsaturated/α-hetero) is 1. The normalized spacial score (nSPS) is 10.7. The molecule has 0 aliphatic rings. The molecule has 28 heavy (non-hydrogen) atoms. The lowest BCUT2D eigenvalue weighted by atomic mass is 9.92. The minimum atomic E-state index is -0.434. The minimum absolute atomic E-state index is 0.0000793. The lowest BCUT2D eigenvalue weighted by Gasteiger charge is -2.13. The summed E-state index contributed by atoms with van der Waals surface area (Å²) in [7, 11) is 3.18. The van der Waals surface area contributed by atoms with Crippen LogP contribution in [0.15, 0.2) is 24.5 Å². The van der Waals surface area contributed by atoms with E-state index in [2.05, 4.69) is 10.3 Å². The zero-order valence-corrected chi connectivity index (χ0v) is 18.3. The smallest absolute Gasteiger partial charge is 0.313 e. The first-order valence-corrected chi connectivity index (χ1v) is 12.2. The summed E-state index contributed by atoms with van der Waals surface area (Å²) >= 11 is 0. The summed E-state index contributed by atoms with van der Waals surface area (Å²) in [4.78, 5) is 39.7. The van der Waals surface area contributed by atoms with Gasteiger partial charge in [0.2, 0.25) is 0 Å². The van der Waals surface area contributed by atoms with Crippen LogP contribution in [0.3, 0.4) is 0 Å². The highest BCUT2D eigenvalue weighted by molar-refractivity contribution is 8.76. The zero-order chi connectivity index (χ0) is 20.6. The summed E-state index contributed by atoms with van der Waals surface area (Å²) in [5.41, 5.74) is 0.543. The van der Waals surface area contributed by atoms with Gasteiger partial charge in [-0.3, -0.25) is 19.4 Å². The lowest BCUT2D eigenvalue weighted by molar-refractivity contribution is -0.146. The molecule has 156 valence electrons. The van der Waals surface area contributed by atoms with Crippen LogP contribution >= 0.6 is 21.6 Å². The molecular formula is C20H30N2O4S2. The van der Waals surface area contributed by atoms with E-state index < -0.39 is 5.97 Å². The summed E-state index contributed by atoms with van der Waals surface area (Å²) in [6, 6.07) is 3.44. The Hall–Kier alpha value is -1.54. The maximum Gasteiger partial charge on any atom is 0.313 e. The highest BCUT2D eigenvalue weighted by Gasteiger charge is 2.20. The third kappa shape index (κ3) is 10.7. The van der Waals surface area contributed by atoms with Crippen molar-refractivity contribution in [2.75, 3.05) is 24.7 Å². The van der Waals surface area contributed by atoms with Gasteiger partial charge in [-0.25, -0.2) is 0 Å². The average molecular weight is 427 g/mol. The molecule has 8 heteroatoms. The number of carbonyl (C=O) groups is 3. The Morgan fingerprint density at radius 3 is 2.50 bits per heavy atom. The first-order valence-electron chi connectivity index (χ1n) is 9.69. The second-order valence-electron chi connectivity index (χ2n) is 6.28. The van der Waals surface area contributed by atoms with Gasteiger partial charge in [-0.1, -0.05) is 48.3 Å². The monoisotopic (exact) mass is 426 g/mol. The number of aromatic nitrogens is 1. The van der Waals surface area contributed by atoms with Gasteiger partial charge >= 0.3 is 5.97 Å². The summed E-state index contributed by atoms with van der Waals surface area (Å²) in [6.45, 7) is 4.94. The Morgan fingerprint density at radius 2 is 1.86 bits per heavy atom. The van der Waals surface area contributed by atoms with Crippen LogP contribution < -0.4 is 5.32 Å². The van der Waals surface area contributed by atoms with Crippen LogP contribution in [0.1, 0.15) is 56.3 Å². The Balaban J connectivity index is 2.05. The van der Waals surface area contributed by atoms with Crippen LogP contribution in [0.4, 0.5) is 0 Å². The molecule has 0 saturated heterocycles. The molecule has 0 spiro atoms. The van der Waals surface area contributed by atoms with E-state index in [1.807, 2.05) is 13.8 Å². The number of carbonyl (C=O) groups excluding carboxylic acids is 3. The Bertz CT molecular complexity index is 593. The van der Waals surface area contributed by atoms with Crippen molar-refractivity contribution in [1.29, 1.82) is 0 Å². The van der Waals surface area contributed by atoms with Gasteiger partial charge in [0.05, 0.1) is 5.56 Å². The van der Waals surface area contributed by atoms with E-state index >= 15 is 0 Å². The van der Waals surface area contributed by atoms with E-state index in [0.29, 0.717) is 17.9 Å². The van der Waals surface area contributed by atoms with Crippen molar-refractivity contribution in [2.45, 2.75) is 46.0 Å². The van der Waals surface area contributed by atoms with Crippen molar-refractivity contribution in [3.63, 3.8) is 0 Å². The van der Waals surface area contributed by atoms with E-state index in [9.17, 15) is 14.4 Å². The maximum atomic E-state index is 12.1.